The second kappa shape index (κ2) is 22.6. The first-order chi connectivity index (χ1) is 34.6. The van der Waals surface area contributed by atoms with Crippen molar-refractivity contribution in [3.05, 3.63) is 87.8 Å². The molecule has 1 unspecified atom stereocenters. The van der Waals surface area contributed by atoms with Crippen molar-refractivity contribution in [1.82, 2.24) is 39.8 Å². The number of fused-ring (bicyclic) bond motifs is 1. The van der Waals surface area contributed by atoms with Crippen molar-refractivity contribution in [2.45, 2.75) is 120 Å². The molecule has 10 rings (SSSR count). The number of anilines is 1. The second-order valence-corrected chi connectivity index (χ2v) is 22.6. The molecule has 0 bridgehead atoms. The molecule has 15 heteroatoms. The number of aromatic nitrogens is 2. The molecule has 2 aromatic carbocycles. The van der Waals surface area contributed by atoms with Crippen molar-refractivity contribution in [2.24, 2.45) is 17.8 Å². The van der Waals surface area contributed by atoms with E-state index in [1.54, 1.807) is 6.33 Å². The van der Waals surface area contributed by atoms with Gasteiger partial charge in [-0.1, -0.05) is 62.1 Å². The summed E-state index contributed by atoms with van der Waals surface area (Å²) >= 11 is 6.32. The largest absolute Gasteiger partial charge is 0.387 e. The van der Waals surface area contributed by atoms with Gasteiger partial charge in [-0.05, 0) is 137 Å². The van der Waals surface area contributed by atoms with Crippen LogP contribution in [0.4, 0.5) is 5.82 Å². The lowest BCUT2D eigenvalue weighted by molar-refractivity contribution is -0.137. The highest BCUT2D eigenvalue weighted by Crippen LogP contribution is 2.43. The Morgan fingerprint density at radius 3 is 2.20 bits per heavy atom. The molecule has 2 saturated carbocycles. The number of hydrogen-bond acceptors (Lipinski definition) is 10. The summed E-state index contributed by atoms with van der Waals surface area (Å²) in [6.45, 7) is 13.2. The average Bonchev–Trinajstić information content (AvgIpc) is 4.23. The minimum atomic E-state index is -0.550. The molecule has 6 fully saturated rings. The summed E-state index contributed by atoms with van der Waals surface area (Å²) in [5.74, 6) is 2.34. The van der Waals surface area contributed by atoms with Crippen LogP contribution in [-0.4, -0.2) is 161 Å². The lowest BCUT2D eigenvalue weighted by Gasteiger charge is -2.41. The number of carbonyl (C=O) groups excluding carboxylic acids is 4. The van der Waals surface area contributed by atoms with Gasteiger partial charge in [-0.25, -0.2) is 9.97 Å². The number of aliphatic hydroxyl groups is 1. The van der Waals surface area contributed by atoms with Crippen LogP contribution in [0.15, 0.2) is 54.9 Å². The second-order valence-electron chi connectivity index (χ2n) is 22.1. The Hall–Kier alpha value is -4.63. The topological polar surface area (TPSA) is 146 Å². The van der Waals surface area contributed by atoms with E-state index in [2.05, 4.69) is 43.0 Å². The Balaban J connectivity index is 0.691. The molecule has 0 spiro atoms. The Kier molecular flexibility index (Phi) is 15.9. The van der Waals surface area contributed by atoms with Gasteiger partial charge in [-0.15, -0.1) is 0 Å². The Morgan fingerprint density at radius 1 is 0.746 bits per heavy atom. The highest BCUT2D eigenvalue weighted by atomic mass is 35.5. The van der Waals surface area contributed by atoms with Crippen LogP contribution in [0.5, 0.6) is 0 Å². The lowest BCUT2D eigenvalue weighted by atomic mass is 9.83. The van der Waals surface area contributed by atoms with Gasteiger partial charge in [0, 0.05) is 100.0 Å². The molecule has 3 aliphatic carbocycles. The maximum Gasteiger partial charge on any atom is 0.251 e. The van der Waals surface area contributed by atoms with Crippen LogP contribution in [0, 0.1) is 17.8 Å². The molecule has 5 heterocycles. The first kappa shape index (κ1) is 49.9. The van der Waals surface area contributed by atoms with E-state index in [0.717, 1.165) is 145 Å². The number of amides is 4. The van der Waals surface area contributed by atoms with Crippen LogP contribution in [0.3, 0.4) is 0 Å². The number of nitrogens with one attached hydrogen (secondary N) is 1. The van der Waals surface area contributed by atoms with E-state index in [1.807, 2.05) is 57.2 Å². The van der Waals surface area contributed by atoms with Crippen molar-refractivity contribution >= 4 is 41.0 Å². The number of benzene rings is 2. The zero-order valence-corrected chi connectivity index (χ0v) is 42.7. The number of carbonyl (C=O) groups is 4. The molecular formula is C56H76ClN9O5. The molecule has 2 N–H and O–H groups in total. The molecule has 4 aliphatic heterocycles. The zero-order valence-electron chi connectivity index (χ0n) is 41.9. The predicted molar refractivity (Wildman–Crippen MR) is 275 cm³/mol. The van der Waals surface area contributed by atoms with Crippen LogP contribution in [0.2, 0.25) is 5.02 Å². The van der Waals surface area contributed by atoms with Gasteiger partial charge in [0.25, 0.3) is 5.91 Å². The fourth-order valence-electron chi connectivity index (χ4n) is 12.9. The smallest absolute Gasteiger partial charge is 0.251 e. The van der Waals surface area contributed by atoms with Crippen LogP contribution in [0.25, 0.3) is 0 Å². The maximum atomic E-state index is 14.4. The van der Waals surface area contributed by atoms with E-state index in [4.69, 9.17) is 11.6 Å². The van der Waals surface area contributed by atoms with Gasteiger partial charge >= 0.3 is 0 Å². The highest BCUT2D eigenvalue weighted by Gasteiger charge is 2.39. The fourth-order valence-corrected chi connectivity index (χ4v) is 13.0. The average molecular weight is 991 g/mol. The number of aliphatic hydroxyl groups excluding tert-OH is 1. The van der Waals surface area contributed by atoms with Crippen molar-refractivity contribution < 1.29 is 24.3 Å². The third-order valence-corrected chi connectivity index (χ3v) is 17.6. The third kappa shape index (κ3) is 11.8. The number of nitrogens with zero attached hydrogens (tertiary/aromatic N) is 8. The zero-order chi connectivity index (χ0) is 49.0. The number of piperazine rings is 2. The number of piperidine rings is 2. The monoisotopic (exact) mass is 990 g/mol. The van der Waals surface area contributed by atoms with Gasteiger partial charge < -0.3 is 34.9 Å². The van der Waals surface area contributed by atoms with Gasteiger partial charge in [0.05, 0.1) is 17.7 Å². The fraction of sp³-hybridized carbons (Fsp3) is 0.643. The van der Waals surface area contributed by atoms with Crippen LogP contribution in [-0.2, 0) is 14.4 Å². The summed E-state index contributed by atoms with van der Waals surface area (Å²) in [7, 11) is 0. The number of halogens is 1. The Labute approximate surface area is 425 Å². The van der Waals surface area contributed by atoms with E-state index < -0.39 is 12.1 Å². The molecule has 71 heavy (non-hydrogen) atoms. The van der Waals surface area contributed by atoms with E-state index in [9.17, 15) is 24.3 Å². The minimum Gasteiger partial charge on any atom is -0.387 e. The summed E-state index contributed by atoms with van der Waals surface area (Å²) in [6, 6.07) is 15.2. The van der Waals surface area contributed by atoms with E-state index in [-0.39, 0.29) is 47.3 Å². The molecule has 0 radical (unpaired) electrons. The van der Waals surface area contributed by atoms with Crippen molar-refractivity contribution in [2.75, 3.05) is 96.5 Å². The summed E-state index contributed by atoms with van der Waals surface area (Å²) < 4.78 is 0. The summed E-state index contributed by atoms with van der Waals surface area (Å²) in [6.07, 6.45) is 13.9. The molecule has 1 aromatic heterocycles. The molecular weight excluding hydrogens is 914 g/mol. The standard InChI is InChI=1S/C56H76ClN9O5/c1-38-33-48(67)51-49(38)52(59-37-58-51)63-29-31-64(32-30-63)55(70)47(40-14-16-46(57)17-15-40)20-24-61-22-18-39(19-23-61)35-62-25-27-65(28-26-62)56(71)50(41-7-3-2-4-8-41)60-53(68)44-10-5-9-43(34-44)45-11-6-21-66(36-45)54(69)42-12-13-42/h5,9-10,14-17,34,37-39,41-42,45,47-48,50,67H,2-4,6-8,11-13,18-33,35-36H2,1H3,(H,60,68)/t38-,45?,47-,48-,50-/m1/s1. The molecule has 4 amide bonds. The quantitative estimate of drug-likeness (QED) is 0.176. The van der Waals surface area contributed by atoms with Gasteiger partial charge in [0.2, 0.25) is 17.7 Å². The van der Waals surface area contributed by atoms with Gasteiger partial charge in [-0.2, -0.15) is 0 Å². The van der Waals surface area contributed by atoms with Crippen LogP contribution in [0.1, 0.15) is 147 Å². The van der Waals surface area contributed by atoms with E-state index in [1.165, 1.54) is 6.42 Å². The number of likely N-dealkylation sites (tertiary alicyclic amines) is 2. The minimum absolute atomic E-state index is 0.0647. The van der Waals surface area contributed by atoms with Crippen LogP contribution < -0.4 is 10.2 Å². The van der Waals surface area contributed by atoms with Crippen LogP contribution >= 0.6 is 11.6 Å². The Bertz CT molecular complexity index is 2340. The molecule has 4 saturated heterocycles. The SMILES string of the molecule is C[C@@H]1C[C@@H](O)c2ncnc(N3CCN(C(=O)[C@H](CCN4CCC(CN5CCN(C(=O)[C@H](NC(=O)c6cccc(C7CCCN(C(=O)C8CC8)C7)c6)C6CCCCC6)CC5)CC4)c4ccc(Cl)cc4)CC3)c21. The van der Waals surface area contributed by atoms with Crippen molar-refractivity contribution in [3.8, 4) is 0 Å². The summed E-state index contributed by atoms with van der Waals surface area (Å²) in [5.41, 5.74) is 4.49. The molecule has 5 atom stereocenters. The lowest BCUT2D eigenvalue weighted by Crippen LogP contribution is -2.57. The Morgan fingerprint density at radius 2 is 1.46 bits per heavy atom. The van der Waals surface area contributed by atoms with Crippen molar-refractivity contribution in [1.29, 1.82) is 0 Å². The number of rotatable bonds is 14. The first-order valence-electron chi connectivity index (χ1n) is 27.3. The molecule has 382 valence electrons. The van der Waals surface area contributed by atoms with E-state index in [0.29, 0.717) is 74.6 Å². The predicted octanol–water partition coefficient (Wildman–Crippen LogP) is 6.84. The van der Waals surface area contributed by atoms with E-state index >= 15 is 0 Å². The molecule has 3 aromatic rings. The summed E-state index contributed by atoms with van der Waals surface area (Å²) in [5, 5.41) is 14.5. The first-order valence-corrected chi connectivity index (χ1v) is 27.7. The summed E-state index contributed by atoms with van der Waals surface area (Å²) in [4.78, 5) is 78.2. The van der Waals surface area contributed by atoms with Crippen molar-refractivity contribution in [3.63, 3.8) is 0 Å². The molecule has 7 aliphatic rings. The third-order valence-electron chi connectivity index (χ3n) is 17.3. The maximum absolute atomic E-state index is 14.4. The van der Waals surface area contributed by atoms with Gasteiger partial charge in [0.1, 0.15) is 18.2 Å². The number of hydrogen-bond donors (Lipinski definition) is 2. The van der Waals surface area contributed by atoms with Gasteiger partial charge in [-0.3, -0.25) is 24.1 Å². The highest BCUT2D eigenvalue weighted by molar-refractivity contribution is 6.30. The molecule has 14 nitrogen and oxygen atoms in total. The normalized spacial score (nSPS) is 24.9. The van der Waals surface area contributed by atoms with Gasteiger partial charge in [0.15, 0.2) is 0 Å².